The molecule has 0 aliphatic carbocycles. The molecule has 0 radical (unpaired) electrons. The molecule has 0 fully saturated rings. The molecule has 0 spiro atoms. The van der Waals surface area contributed by atoms with Gasteiger partial charge < -0.3 is 5.43 Å². The molecular formula is C17H19N5O2S. The zero-order valence-electron chi connectivity index (χ0n) is 14.0. The van der Waals surface area contributed by atoms with Crippen LogP contribution in [0.15, 0.2) is 36.7 Å². The zero-order chi connectivity index (χ0) is 17.8. The van der Waals surface area contributed by atoms with Crippen molar-refractivity contribution in [1.82, 2.24) is 15.0 Å². The number of hydrogen-bond acceptors (Lipinski definition) is 7. The van der Waals surface area contributed by atoms with Crippen LogP contribution in [0.5, 0.6) is 0 Å². The number of carbonyl (C=O) groups is 1. The number of amides is 1. The quantitative estimate of drug-likeness (QED) is 0.520. The number of aromatic nitrogens is 2. The van der Waals surface area contributed by atoms with Crippen LogP contribution in [0.1, 0.15) is 27.7 Å². The van der Waals surface area contributed by atoms with Gasteiger partial charge in [-0.2, -0.15) is 0 Å². The Bertz CT molecular complexity index is 892. The summed E-state index contributed by atoms with van der Waals surface area (Å²) < 4.78 is 0. The number of hydrazine groups is 1. The first kappa shape index (κ1) is 17.3. The number of thiophene rings is 1. The average Bonchev–Trinajstić information content (AvgIpc) is 3.05. The molecule has 0 saturated carbocycles. The van der Waals surface area contributed by atoms with Crippen LogP contribution in [0.3, 0.4) is 0 Å². The highest BCUT2D eigenvalue weighted by Gasteiger charge is 2.15. The maximum Gasteiger partial charge on any atom is 0.277 e. The van der Waals surface area contributed by atoms with Gasteiger partial charge in [0.25, 0.3) is 5.91 Å². The lowest BCUT2D eigenvalue weighted by Crippen LogP contribution is -2.29. The number of hydroxylamine groups is 2. The summed E-state index contributed by atoms with van der Waals surface area (Å²) in [7, 11) is 1.49. The largest absolute Gasteiger partial charge is 0.308 e. The van der Waals surface area contributed by atoms with Gasteiger partial charge in [-0.25, -0.2) is 20.9 Å². The number of hydrogen-bond donors (Lipinski definition) is 2. The van der Waals surface area contributed by atoms with Crippen molar-refractivity contribution in [3.63, 3.8) is 0 Å². The van der Waals surface area contributed by atoms with Gasteiger partial charge in [-0.05, 0) is 30.7 Å². The number of benzene rings is 1. The van der Waals surface area contributed by atoms with E-state index in [-0.39, 0.29) is 5.91 Å². The highest BCUT2D eigenvalue weighted by atomic mass is 32.1. The molecule has 0 unspecified atom stereocenters. The van der Waals surface area contributed by atoms with Crippen molar-refractivity contribution in [2.45, 2.75) is 13.3 Å². The standard InChI is InChI=1S/C17H19N5O2S/c1-3-22(24-2)17(23)12-6-4-5-11(7-12)8-13-9-14-15(21-18)19-10-20-16(14)25-13/h4-7,9-10H,3,8,18H2,1-2H3,(H,19,20,21). The van der Waals surface area contributed by atoms with Crippen LogP contribution in [0.4, 0.5) is 5.82 Å². The molecule has 7 nitrogen and oxygen atoms in total. The first-order valence-electron chi connectivity index (χ1n) is 7.81. The maximum atomic E-state index is 12.4. The molecule has 3 rings (SSSR count). The average molecular weight is 357 g/mol. The molecule has 25 heavy (non-hydrogen) atoms. The number of nitrogens with zero attached hydrogens (tertiary/aromatic N) is 3. The van der Waals surface area contributed by atoms with E-state index in [0.717, 1.165) is 20.7 Å². The van der Waals surface area contributed by atoms with Gasteiger partial charge in [0.2, 0.25) is 0 Å². The van der Waals surface area contributed by atoms with Gasteiger partial charge >= 0.3 is 0 Å². The summed E-state index contributed by atoms with van der Waals surface area (Å²) in [6, 6.07) is 9.59. The molecule has 3 N–H and O–H groups in total. The third-order valence-electron chi connectivity index (χ3n) is 3.80. The predicted molar refractivity (Wildman–Crippen MR) is 98.2 cm³/mol. The van der Waals surface area contributed by atoms with Gasteiger partial charge in [0.05, 0.1) is 12.5 Å². The van der Waals surface area contributed by atoms with E-state index in [1.54, 1.807) is 17.4 Å². The lowest BCUT2D eigenvalue weighted by molar-refractivity contribution is -0.0915. The summed E-state index contributed by atoms with van der Waals surface area (Å²) in [5.74, 6) is 5.95. The van der Waals surface area contributed by atoms with Gasteiger partial charge in [-0.3, -0.25) is 9.63 Å². The monoisotopic (exact) mass is 357 g/mol. The number of nitrogens with two attached hydrogens (primary N) is 1. The first-order valence-corrected chi connectivity index (χ1v) is 8.62. The highest BCUT2D eigenvalue weighted by Crippen LogP contribution is 2.29. The van der Waals surface area contributed by atoms with Crippen LogP contribution in [-0.4, -0.2) is 34.6 Å². The lowest BCUT2D eigenvalue weighted by atomic mass is 10.1. The molecule has 8 heteroatoms. The van der Waals surface area contributed by atoms with Crippen molar-refractivity contribution in [2.75, 3.05) is 19.1 Å². The number of nitrogens with one attached hydrogen (secondary N) is 1. The van der Waals surface area contributed by atoms with E-state index in [1.807, 2.05) is 31.2 Å². The van der Waals surface area contributed by atoms with Gasteiger partial charge in [0, 0.05) is 23.4 Å². The molecule has 0 aliphatic heterocycles. The van der Waals surface area contributed by atoms with E-state index < -0.39 is 0 Å². The third-order valence-corrected chi connectivity index (χ3v) is 4.85. The molecule has 3 aromatic rings. The fourth-order valence-corrected chi connectivity index (χ4v) is 3.65. The molecule has 0 bridgehead atoms. The van der Waals surface area contributed by atoms with Crippen molar-refractivity contribution in [1.29, 1.82) is 0 Å². The Morgan fingerprint density at radius 3 is 2.92 bits per heavy atom. The van der Waals surface area contributed by atoms with Crippen molar-refractivity contribution in [3.05, 3.63) is 52.7 Å². The van der Waals surface area contributed by atoms with Gasteiger partial charge in [-0.1, -0.05) is 12.1 Å². The van der Waals surface area contributed by atoms with Gasteiger partial charge in [0.15, 0.2) is 5.82 Å². The lowest BCUT2D eigenvalue weighted by Gasteiger charge is -2.17. The Morgan fingerprint density at radius 1 is 1.36 bits per heavy atom. The van der Waals surface area contributed by atoms with Gasteiger partial charge in [0.1, 0.15) is 11.2 Å². The molecule has 1 amide bonds. The third kappa shape index (κ3) is 3.60. The summed E-state index contributed by atoms with van der Waals surface area (Å²) in [5.41, 5.74) is 4.23. The molecule has 130 valence electrons. The molecule has 0 saturated heterocycles. The van der Waals surface area contributed by atoms with E-state index in [2.05, 4.69) is 15.4 Å². The minimum atomic E-state index is -0.149. The number of carbonyl (C=O) groups excluding carboxylic acids is 1. The van der Waals surface area contributed by atoms with Crippen molar-refractivity contribution in [3.8, 4) is 0 Å². The molecule has 2 heterocycles. The SMILES string of the molecule is CCN(OC)C(=O)c1cccc(Cc2cc3c(NN)ncnc3s2)c1. The summed E-state index contributed by atoms with van der Waals surface area (Å²) in [6.45, 7) is 2.36. The van der Waals surface area contributed by atoms with Crippen molar-refractivity contribution < 1.29 is 9.63 Å². The number of rotatable bonds is 6. The first-order chi connectivity index (χ1) is 12.2. The van der Waals surface area contributed by atoms with Crippen LogP contribution >= 0.6 is 11.3 Å². The van der Waals surface area contributed by atoms with E-state index in [0.29, 0.717) is 24.3 Å². The Kier molecular flexibility index (Phi) is 5.22. The van der Waals surface area contributed by atoms with Crippen LogP contribution < -0.4 is 11.3 Å². The highest BCUT2D eigenvalue weighted by molar-refractivity contribution is 7.18. The second-order valence-corrected chi connectivity index (χ2v) is 6.47. The van der Waals surface area contributed by atoms with Crippen molar-refractivity contribution >= 4 is 33.3 Å². The topological polar surface area (TPSA) is 93.4 Å². The Morgan fingerprint density at radius 2 is 2.20 bits per heavy atom. The summed E-state index contributed by atoms with van der Waals surface area (Å²) in [6.07, 6.45) is 2.19. The van der Waals surface area contributed by atoms with E-state index >= 15 is 0 Å². The normalized spacial score (nSPS) is 10.8. The second-order valence-electron chi connectivity index (χ2n) is 5.36. The minimum Gasteiger partial charge on any atom is -0.308 e. The maximum absolute atomic E-state index is 12.4. The number of nitrogen functional groups attached to an aromatic ring is 1. The van der Waals surface area contributed by atoms with Crippen LogP contribution in [0, 0.1) is 0 Å². The number of fused-ring (bicyclic) bond motifs is 1. The van der Waals surface area contributed by atoms with Crippen LogP contribution in [-0.2, 0) is 11.3 Å². The molecule has 1 aromatic carbocycles. The fraction of sp³-hybridized carbons (Fsp3) is 0.235. The zero-order valence-corrected chi connectivity index (χ0v) is 14.8. The van der Waals surface area contributed by atoms with Crippen LogP contribution in [0.2, 0.25) is 0 Å². The summed E-state index contributed by atoms with van der Waals surface area (Å²) >= 11 is 1.58. The van der Waals surface area contributed by atoms with Crippen LogP contribution in [0.25, 0.3) is 10.2 Å². The molecule has 0 atom stereocenters. The second kappa shape index (κ2) is 7.56. The minimum absolute atomic E-state index is 0.149. The van der Waals surface area contributed by atoms with E-state index in [4.69, 9.17) is 10.7 Å². The smallest absolute Gasteiger partial charge is 0.277 e. The Hall–Kier alpha value is -2.55. The molecule has 0 aliphatic rings. The molecular weight excluding hydrogens is 338 g/mol. The Labute approximate surface area is 149 Å². The Balaban J connectivity index is 1.86. The fourth-order valence-electron chi connectivity index (χ4n) is 2.62. The van der Waals surface area contributed by atoms with Crippen molar-refractivity contribution in [2.24, 2.45) is 5.84 Å². The predicted octanol–water partition coefficient (Wildman–Crippen LogP) is 2.59. The number of anilines is 1. The molecule has 2 aromatic heterocycles. The van der Waals surface area contributed by atoms with E-state index in [9.17, 15) is 4.79 Å². The van der Waals surface area contributed by atoms with Gasteiger partial charge in [-0.15, -0.1) is 11.3 Å². The summed E-state index contributed by atoms with van der Waals surface area (Å²) in [5, 5.41) is 2.22. The van der Waals surface area contributed by atoms with E-state index in [1.165, 1.54) is 18.5 Å². The summed E-state index contributed by atoms with van der Waals surface area (Å²) in [4.78, 5) is 27.9.